The van der Waals surface area contributed by atoms with Crippen molar-refractivity contribution in [2.24, 2.45) is 0 Å². The van der Waals surface area contributed by atoms with E-state index in [0.29, 0.717) is 5.56 Å². The van der Waals surface area contributed by atoms with E-state index in [1.54, 1.807) is 29.1 Å². The summed E-state index contributed by atoms with van der Waals surface area (Å²) in [5.74, 6) is -0.405. The highest BCUT2D eigenvalue weighted by Gasteiger charge is 2.17. The maximum absolute atomic E-state index is 13.1. The molecule has 0 aliphatic rings. The molecule has 0 saturated heterocycles. The number of aromatic nitrogens is 2. The van der Waals surface area contributed by atoms with Crippen molar-refractivity contribution >= 4 is 5.91 Å². The molecule has 1 N–H and O–H groups in total. The van der Waals surface area contributed by atoms with Crippen molar-refractivity contribution in [2.75, 3.05) is 0 Å². The van der Waals surface area contributed by atoms with E-state index in [0.717, 1.165) is 22.5 Å². The molecule has 1 heterocycles. The zero-order chi connectivity index (χ0) is 18.0. The lowest BCUT2D eigenvalue weighted by atomic mass is 10.1. The maximum atomic E-state index is 13.1. The molecule has 0 bridgehead atoms. The fraction of sp³-hybridized carbons (Fsp3) is 0.200. The molecule has 128 valence electrons. The van der Waals surface area contributed by atoms with Crippen molar-refractivity contribution in [3.8, 4) is 5.69 Å². The van der Waals surface area contributed by atoms with Crippen molar-refractivity contribution in [3.63, 3.8) is 0 Å². The predicted molar refractivity (Wildman–Crippen MR) is 95.3 cm³/mol. The van der Waals surface area contributed by atoms with E-state index in [1.165, 1.54) is 12.1 Å². The number of carbonyl (C=O) groups excluding carboxylic acids is 1. The van der Waals surface area contributed by atoms with E-state index >= 15 is 0 Å². The van der Waals surface area contributed by atoms with Crippen LogP contribution in [0.15, 0.2) is 54.7 Å². The average molecular weight is 337 g/mol. The molecule has 25 heavy (non-hydrogen) atoms. The van der Waals surface area contributed by atoms with Crippen molar-refractivity contribution in [3.05, 3.63) is 82.9 Å². The molecule has 1 atom stereocenters. The zero-order valence-electron chi connectivity index (χ0n) is 14.5. The number of rotatable bonds is 4. The maximum Gasteiger partial charge on any atom is 0.251 e. The molecule has 0 fully saturated rings. The Hall–Kier alpha value is -2.95. The lowest BCUT2D eigenvalue weighted by Gasteiger charge is -2.14. The van der Waals surface area contributed by atoms with Crippen LogP contribution in [0.4, 0.5) is 4.39 Å². The SMILES string of the molecule is Cc1cccc(C(=O)NC(C)c2cnn(-c3ccc(F)cc3)c2C)c1. The third-order valence-electron chi connectivity index (χ3n) is 4.21. The number of nitrogens with zero attached hydrogens (tertiary/aromatic N) is 2. The molecule has 1 amide bonds. The van der Waals surface area contributed by atoms with Crippen molar-refractivity contribution in [1.29, 1.82) is 0 Å². The summed E-state index contributed by atoms with van der Waals surface area (Å²) in [4.78, 5) is 12.4. The van der Waals surface area contributed by atoms with Crippen LogP contribution in [0, 0.1) is 19.7 Å². The molecule has 5 heteroatoms. The molecule has 0 aliphatic carbocycles. The third kappa shape index (κ3) is 3.60. The fourth-order valence-corrected chi connectivity index (χ4v) is 2.83. The quantitative estimate of drug-likeness (QED) is 0.778. The minimum atomic E-state index is -0.285. The number of benzene rings is 2. The van der Waals surface area contributed by atoms with E-state index in [4.69, 9.17) is 0 Å². The normalized spacial score (nSPS) is 12.0. The first-order valence-electron chi connectivity index (χ1n) is 8.13. The predicted octanol–water partition coefficient (Wildman–Crippen LogP) is 4.12. The Balaban J connectivity index is 1.80. The standard InChI is InChI=1S/C20H20FN3O/c1-13-5-4-6-16(11-13)20(25)23-14(2)19-12-22-24(15(19)3)18-9-7-17(21)8-10-18/h4-12,14H,1-3H3,(H,23,25). The van der Waals surface area contributed by atoms with Gasteiger partial charge < -0.3 is 5.32 Å². The summed E-state index contributed by atoms with van der Waals surface area (Å²) in [6.45, 7) is 5.81. The second-order valence-corrected chi connectivity index (χ2v) is 6.14. The molecule has 2 aromatic carbocycles. The second kappa shape index (κ2) is 6.89. The van der Waals surface area contributed by atoms with E-state index in [-0.39, 0.29) is 17.8 Å². The fourth-order valence-electron chi connectivity index (χ4n) is 2.83. The summed E-state index contributed by atoms with van der Waals surface area (Å²) in [7, 11) is 0. The van der Waals surface area contributed by atoms with E-state index in [1.807, 2.05) is 39.0 Å². The van der Waals surface area contributed by atoms with Gasteiger partial charge in [0.15, 0.2) is 0 Å². The number of aryl methyl sites for hydroxylation is 1. The summed E-state index contributed by atoms with van der Waals surface area (Å²) in [5.41, 5.74) is 4.28. The Labute approximate surface area is 146 Å². The minimum Gasteiger partial charge on any atom is -0.345 e. The van der Waals surface area contributed by atoms with Gasteiger partial charge in [0.1, 0.15) is 5.82 Å². The summed E-state index contributed by atoms with van der Waals surface area (Å²) in [6.07, 6.45) is 1.74. The van der Waals surface area contributed by atoms with E-state index in [9.17, 15) is 9.18 Å². The van der Waals surface area contributed by atoms with Gasteiger partial charge in [-0.3, -0.25) is 4.79 Å². The number of carbonyl (C=O) groups is 1. The van der Waals surface area contributed by atoms with Gasteiger partial charge in [-0.05, 0) is 57.2 Å². The molecule has 1 aromatic heterocycles. The Morgan fingerprint density at radius 3 is 2.56 bits per heavy atom. The largest absolute Gasteiger partial charge is 0.345 e. The van der Waals surface area contributed by atoms with Crippen LogP contribution < -0.4 is 5.32 Å². The van der Waals surface area contributed by atoms with Gasteiger partial charge in [-0.1, -0.05) is 17.7 Å². The van der Waals surface area contributed by atoms with Crippen LogP contribution in [-0.4, -0.2) is 15.7 Å². The van der Waals surface area contributed by atoms with Crippen LogP contribution in [-0.2, 0) is 0 Å². The van der Waals surface area contributed by atoms with Gasteiger partial charge in [0, 0.05) is 16.8 Å². The third-order valence-corrected chi connectivity index (χ3v) is 4.21. The van der Waals surface area contributed by atoms with Crippen LogP contribution in [0.25, 0.3) is 5.69 Å². The first kappa shape index (κ1) is 16.9. The van der Waals surface area contributed by atoms with Gasteiger partial charge in [-0.25, -0.2) is 9.07 Å². The first-order valence-corrected chi connectivity index (χ1v) is 8.13. The average Bonchev–Trinajstić information content (AvgIpc) is 2.97. The van der Waals surface area contributed by atoms with E-state index in [2.05, 4.69) is 10.4 Å². The summed E-state index contributed by atoms with van der Waals surface area (Å²) < 4.78 is 14.8. The molecule has 0 radical (unpaired) electrons. The monoisotopic (exact) mass is 337 g/mol. The number of halogens is 1. The Morgan fingerprint density at radius 2 is 1.88 bits per heavy atom. The topological polar surface area (TPSA) is 46.9 Å². The van der Waals surface area contributed by atoms with Crippen LogP contribution in [0.3, 0.4) is 0 Å². The number of nitrogens with one attached hydrogen (secondary N) is 1. The van der Waals surface area contributed by atoms with Crippen molar-refractivity contribution < 1.29 is 9.18 Å². The molecule has 3 rings (SSSR count). The Kier molecular flexibility index (Phi) is 4.65. The lowest BCUT2D eigenvalue weighted by molar-refractivity contribution is 0.0939. The highest BCUT2D eigenvalue weighted by molar-refractivity contribution is 5.94. The van der Waals surface area contributed by atoms with Gasteiger partial charge >= 0.3 is 0 Å². The Bertz CT molecular complexity index is 900. The highest BCUT2D eigenvalue weighted by Crippen LogP contribution is 2.21. The van der Waals surface area contributed by atoms with Crippen molar-refractivity contribution in [1.82, 2.24) is 15.1 Å². The second-order valence-electron chi connectivity index (χ2n) is 6.14. The van der Waals surface area contributed by atoms with Gasteiger partial charge in [0.05, 0.1) is 17.9 Å². The summed E-state index contributed by atoms with van der Waals surface area (Å²) in [5, 5.41) is 7.38. The molecule has 0 aliphatic heterocycles. The number of amides is 1. The molecular weight excluding hydrogens is 317 g/mol. The van der Waals surface area contributed by atoms with Crippen LogP contribution in [0.5, 0.6) is 0 Å². The molecule has 3 aromatic rings. The van der Waals surface area contributed by atoms with Gasteiger partial charge in [-0.15, -0.1) is 0 Å². The number of hydrogen-bond acceptors (Lipinski definition) is 2. The highest BCUT2D eigenvalue weighted by atomic mass is 19.1. The Morgan fingerprint density at radius 1 is 1.16 bits per heavy atom. The molecule has 1 unspecified atom stereocenters. The first-order chi connectivity index (χ1) is 12.0. The molecular formula is C20H20FN3O. The minimum absolute atomic E-state index is 0.120. The van der Waals surface area contributed by atoms with Gasteiger partial charge in [-0.2, -0.15) is 5.10 Å². The lowest BCUT2D eigenvalue weighted by Crippen LogP contribution is -2.27. The van der Waals surface area contributed by atoms with Crippen molar-refractivity contribution in [2.45, 2.75) is 26.8 Å². The van der Waals surface area contributed by atoms with Crippen LogP contribution in [0.1, 0.15) is 40.1 Å². The smallest absolute Gasteiger partial charge is 0.251 e. The van der Waals surface area contributed by atoms with Crippen LogP contribution >= 0.6 is 0 Å². The zero-order valence-corrected chi connectivity index (χ0v) is 14.5. The number of hydrogen-bond donors (Lipinski definition) is 1. The van der Waals surface area contributed by atoms with Gasteiger partial charge in [0.2, 0.25) is 0 Å². The van der Waals surface area contributed by atoms with Gasteiger partial charge in [0.25, 0.3) is 5.91 Å². The van der Waals surface area contributed by atoms with E-state index < -0.39 is 0 Å². The molecule has 4 nitrogen and oxygen atoms in total. The molecule has 0 saturated carbocycles. The summed E-state index contributed by atoms with van der Waals surface area (Å²) >= 11 is 0. The van der Waals surface area contributed by atoms with Crippen LogP contribution in [0.2, 0.25) is 0 Å². The molecule has 0 spiro atoms. The summed E-state index contributed by atoms with van der Waals surface area (Å²) in [6, 6.07) is 13.4.